The van der Waals surface area contributed by atoms with Crippen LogP contribution in [0.15, 0.2) is 12.7 Å². The molecule has 0 aromatic rings. The molecular weight excluding hydrogens is 126 g/mol. The third-order valence-corrected chi connectivity index (χ3v) is 1.68. The van der Waals surface area contributed by atoms with E-state index in [1.807, 2.05) is 6.08 Å². The Morgan fingerprint density at radius 1 is 1.70 bits per heavy atom. The predicted octanol–water partition coefficient (Wildman–Crippen LogP) is 0.941. The van der Waals surface area contributed by atoms with Crippen molar-refractivity contribution < 1.29 is 4.74 Å². The highest BCUT2D eigenvalue weighted by Gasteiger charge is 2.13. The molecule has 0 saturated carbocycles. The second kappa shape index (κ2) is 4.47. The molecule has 1 rings (SSSR count). The van der Waals surface area contributed by atoms with Crippen LogP contribution in [0, 0.1) is 0 Å². The summed E-state index contributed by atoms with van der Waals surface area (Å²) >= 11 is 0. The molecule has 0 aromatic carbocycles. The van der Waals surface area contributed by atoms with Crippen LogP contribution in [0.5, 0.6) is 0 Å². The molecule has 0 bridgehead atoms. The molecule has 10 heavy (non-hydrogen) atoms. The van der Waals surface area contributed by atoms with Crippen molar-refractivity contribution in [3.8, 4) is 0 Å². The molecule has 0 amide bonds. The molecule has 0 aliphatic carbocycles. The van der Waals surface area contributed by atoms with Crippen molar-refractivity contribution in [3.63, 3.8) is 0 Å². The quantitative estimate of drug-likeness (QED) is 0.464. The van der Waals surface area contributed by atoms with Gasteiger partial charge in [-0.3, -0.25) is 0 Å². The maximum absolute atomic E-state index is 5.40. The summed E-state index contributed by atoms with van der Waals surface area (Å²) in [6.07, 6.45) is 4.76. The van der Waals surface area contributed by atoms with Crippen molar-refractivity contribution in [3.05, 3.63) is 12.7 Å². The lowest BCUT2D eigenvalue weighted by Gasteiger charge is -2.08. The lowest BCUT2D eigenvalue weighted by atomic mass is 10.2. The summed E-state index contributed by atoms with van der Waals surface area (Å²) in [5.74, 6) is 0. The van der Waals surface area contributed by atoms with Crippen LogP contribution in [-0.2, 0) is 4.74 Å². The topological polar surface area (TPSA) is 21.3 Å². The van der Waals surface area contributed by atoms with E-state index in [1.54, 1.807) is 0 Å². The molecule has 0 unspecified atom stereocenters. The Morgan fingerprint density at radius 2 is 2.60 bits per heavy atom. The smallest absolute Gasteiger partial charge is 0.0700 e. The van der Waals surface area contributed by atoms with Gasteiger partial charge >= 0.3 is 0 Å². The first-order valence-corrected chi connectivity index (χ1v) is 3.86. The zero-order valence-electron chi connectivity index (χ0n) is 6.31. The van der Waals surface area contributed by atoms with E-state index in [9.17, 15) is 0 Å². The Labute approximate surface area is 62.3 Å². The van der Waals surface area contributed by atoms with Gasteiger partial charge in [-0.1, -0.05) is 6.08 Å². The summed E-state index contributed by atoms with van der Waals surface area (Å²) in [7, 11) is 0. The van der Waals surface area contributed by atoms with Gasteiger partial charge in [0.1, 0.15) is 0 Å². The predicted molar refractivity (Wildman–Crippen MR) is 42.0 cm³/mol. The van der Waals surface area contributed by atoms with Crippen LogP contribution in [0.2, 0.25) is 0 Å². The van der Waals surface area contributed by atoms with Crippen molar-refractivity contribution in [2.24, 2.45) is 0 Å². The lowest BCUT2D eigenvalue weighted by Crippen LogP contribution is -2.26. The summed E-state index contributed by atoms with van der Waals surface area (Å²) in [5.41, 5.74) is 0. The van der Waals surface area contributed by atoms with Gasteiger partial charge in [0.05, 0.1) is 6.10 Å². The SMILES string of the molecule is C=CCNC[C@H]1CCCO1. The maximum atomic E-state index is 5.40. The van der Waals surface area contributed by atoms with E-state index in [0.717, 1.165) is 19.7 Å². The zero-order chi connectivity index (χ0) is 7.23. The van der Waals surface area contributed by atoms with Crippen LogP contribution >= 0.6 is 0 Å². The monoisotopic (exact) mass is 141 g/mol. The highest BCUT2D eigenvalue weighted by molar-refractivity contribution is 4.73. The number of nitrogens with one attached hydrogen (secondary N) is 1. The van der Waals surface area contributed by atoms with E-state index in [1.165, 1.54) is 12.8 Å². The molecule has 1 saturated heterocycles. The standard InChI is InChI=1S/C8H15NO/c1-2-5-9-7-8-4-3-6-10-8/h2,8-9H,1,3-7H2/t8-/m1/s1. The van der Waals surface area contributed by atoms with Gasteiger partial charge in [-0.2, -0.15) is 0 Å². The second-order valence-corrected chi connectivity index (χ2v) is 2.58. The molecule has 1 fully saturated rings. The fourth-order valence-electron chi connectivity index (χ4n) is 1.15. The molecule has 0 spiro atoms. The largest absolute Gasteiger partial charge is 0.377 e. The van der Waals surface area contributed by atoms with Gasteiger partial charge < -0.3 is 10.1 Å². The molecule has 58 valence electrons. The van der Waals surface area contributed by atoms with Gasteiger partial charge in [-0.05, 0) is 12.8 Å². The van der Waals surface area contributed by atoms with E-state index in [0.29, 0.717) is 6.10 Å². The Kier molecular flexibility index (Phi) is 3.47. The molecule has 0 radical (unpaired) electrons. The molecular formula is C8H15NO. The summed E-state index contributed by atoms with van der Waals surface area (Å²) in [6.45, 7) is 6.43. The van der Waals surface area contributed by atoms with Gasteiger partial charge in [0.25, 0.3) is 0 Å². The lowest BCUT2D eigenvalue weighted by molar-refractivity contribution is 0.111. The Bertz CT molecular complexity index is 97.4. The third-order valence-electron chi connectivity index (χ3n) is 1.68. The van der Waals surface area contributed by atoms with Gasteiger partial charge in [0, 0.05) is 19.7 Å². The van der Waals surface area contributed by atoms with Crippen LogP contribution in [0.3, 0.4) is 0 Å². The van der Waals surface area contributed by atoms with Crippen LogP contribution in [-0.4, -0.2) is 25.8 Å². The maximum Gasteiger partial charge on any atom is 0.0700 e. The highest BCUT2D eigenvalue weighted by Crippen LogP contribution is 2.10. The van der Waals surface area contributed by atoms with E-state index in [4.69, 9.17) is 4.74 Å². The molecule has 2 heteroatoms. The van der Waals surface area contributed by atoms with E-state index < -0.39 is 0 Å². The van der Waals surface area contributed by atoms with Crippen LogP contribution < -0.4 is 5.32 Å². The fraction of sp³-hybridized carbons (Fsp3) is 0.750. The van der Waals surface area contributed by atoms with Gasteiger partial charge in [0.2, 0.25) is 0 Å². The van der Waals surface area contributed by atoms with Crippen molar-refractivity contribution in [2.45, 2.75) is 18.9 Å². The van der Waals surface area contributed by atoms with E-state index in [2.05, 4.69) is 11.9 Å². The van der Waals surface area contributed by atoms with Crippen LogP contribution in [0.1, 0.15) is 12.8 Å². The Morgan fingerprint density at radius 3 is 3.20 bits per heavy atom. The van der Waals surface area contributed by atoms with Crippen molar-refractivity contribution in [2.75, 3.05) is 19.7 Å². The molecule has 1 atom stereocenters. The molecule has 0 aromatic heterocycles. The minimum absolute atomic E-state index is 0.458. The first-order valence-electron chi connectivity index (χ1n) is 3.86. The number of hydrogen-bond donors (Lipinski definition) is 1. The summed E-state index contributed by atoms with van der Waals surface area (Å²) in [6, 6.07) is 0. The number of ether oxygens (including phenoxy) is 1. The highest BCUT2D eigenvalue weighted by atomic mass is 16.5. The fourth-order valence-corrected chi connectivity index (χ4v) is 1.15. The molecule has 1 aliphatic heterocycles. The number of hydrogen-bond acceptors (Lipinski definition) is 2. The van der Waals surface area contributed by atoms with Crippen molar-refractivity contribution in [1.82, 2.24) is 5.32 Å². The zero-order valence-corrected chi connectivity index (χ0v) is 6.31. The van der Waals surface area contributed by atoms with Crippen molar-refractivity contribution >= 4 is 0 Å². The molecule has 2 nitrogen and oxygen atoms in total. The minimum atomic E-state index is 0.458. The van der Waals surface area contributed by atoms with E-state index >= 15 is 0 Å². The van der Waals surface area contributed by atoms with Crippen LogP contribution in [0.25, 0.3) is 0 Å². The minimum Gasteiger partial charge on any atom is -0.377 e. The van der Waals surface area contributed by atoms with Gasteiger partial charge in [-0.15, -0.1) is 6.58 Å². The number of rotatable bonds is 4. The molecule has 1 heterocycles. The average molecular weight is 141 g/mol. The average Bonchev–Trinajstić information content (AvgIpc) is 2.41. The van der Waals surface area contributed by atoms with E-state index in [-0.39, 0.29) is 0 Å². The summed E-state index contributed by atoms with van der Waals surface area (Å²) in [5, 5.41) is 3.23. The van der Waals surface area contributed by atoms with Crippen LogP contribution in [0.4, 0.5) is 0 Å². The first kappa shape index (κ1) is 7.76. The third kappa shape index (κ3) is 2.50. The van der Waals surface area contributed by atoms with Gasteiger partial charge in [-0.25, -0.2) is 0 Å². The summed E-state index contributed by atoms with van der Waals surface area (Å²) in [4.78, 5) is 0. The van der Waals surface area contributed by atoms with Gasteiger partial charge in [0.15, 0.2) is 0 Å². The Hall–Kier alpha value is -0.340. The first-order chi connectivity index (χ1) is 4.93. The molecule has 1 N–H and O–H groups in total. The second-order valence-electron chi connectivity index (χ2n) is 2.58. The molecule has 1 aliphatic rings. The summed E-state index contributed by atoms with van der Waals surface area (Å²) < 4.78 is 5.40. The normalized spacial score (nSPS) is 25.0. The van der Waals surface area contributed by atoms with Crippen molar-refractivity contribution in [1.29, 1.82) is 0 Å². The Balaban J connectivity index is 1.96.